The van der Waals surface area contributed by atoms with Crippen LogP contribution in [0, 0.1) is 11.3 Å². The molecule has 0 radical (unpaired) electrons. The number of thioether (sulfide) groups is 1. The van der Waals surface area contributed by atoms with E-state index in [2.05, 4.69) is 11.4 Å². The predicted octanol–water partition coefficient (Wildman–Crippen LogP) is 1.41. The first-order valence-corrected chi connectivity index (χ1v) is 6.32. The van der Waals surface area contributed by atoms with Gasteiger partial charge in [0.2, 0.25) is 0 Å². The van der Waals surface area contributed by atoms with Crippen molar-refractivity contribution < 1.29 is 9.90 Å². The van der Waals surface area contributed by atoms with E-state index >= 15 is 0 Å². The van der Waals surface area contributed by atoms with Gasteiger partial charge < -0.3 is 5.11 Å². The monoisotopic (exact) mass is 248 g/mol. The number of nitrogens with zero attached hydrogens (tertiary/aromatic N) is 1. The third kappa shape index (κ3) is 2.60. The van der Waals surface area contributed by atoms with Crippen LogP contribution in [0.2, 0.25) is 0 Å². The SMILES string of the molecule is N#C[C@@H](c1ccccc1)[C@H]1N[C@H](C(=O)O)CS1. The molecular formula is C12H12N2O2S. The van der Waals surface area contributed by atoms with E-state index in [0.29, 0.717) is 5.75 Å². The molecule has 0 saturated carbocycles. The number of nitrogens with one attached hydrogen (secondary N) is 1. The molecule has 0 spiro atoms. The first-order chi connectivity index (χ1) is 8.22. The highest BCUT2D eigenvalue weighted by Crippen LogP contribution is 2.31. The maximum atomic E-state index is 10.8. The Labute approximate surface area is 104 Å². The second-order valence-electron chi connectivity index (χ2n) is 3.83. The Hall–Kier alpha value is -1.51. The molecule has 0 unspecified atom stereocenters. The molecule has 0 amide bonds. The lowest BCUT2D eigenvalue weighted by atomic mass is 10.0. The number of carbonyl (C=O) groups is 1. The summed E-state index contributed by atoms with van der Waals surface area (Å²) >= 11 is 1.49. The summed E-state index contributed by atoms with van der Waals surface area (Å²) in [5.41, 5.74) is 0.922. The van der Waals surface area contributed by atoms with Crippen molar-refractivity contribution in [1.29, 1.82) is 5.26 Å². The summed E-state index contributed by atoms with van der Waals surface area (Å²) in [6.07, 6.45) is 0. The highest BCUT2D eigenvalue weighted by molar-refractivity contribution is 8.00. The second kappa shape index (κ2) is 5.21. The minimum Gasteiger partial charge on any atom is -0.480 e. The Balaban J connectivity index is 2.12. The molecule has 5 heteroatoms. The van der Waals surface area contributed by atoms with E-state index in [9.17, 15) is 10.1 Å². The number of carboxylic acids is 1. The summed E-state index contributed by atoms with van der Waals surface area (Å²) in [7, 11) is 0. The highest BCUT2D eigenvalue weighted by atomic mass is 32.2. The number of benzene rings is 1. The lowest BCUT2D eigenvalue weighted by Crippen LogP contribution is -2.38. The number of aliphatic carboxylic acids is 1. The van der Waals surface area contributed by atoms with Gasteiger partial charge in [-0.3, -0.25) is 10.1 Å². The van der Waals surface area contributed by atoms with E-state index in [-0.39, 0.29) is 11.3 Å². The third-order valence-electron chi connectivity index (χ3n) is 2.71. The van der Waals surface area contributed by atoms with Gasteiger partial charge in [0.15, 0.2) is 0 Å². The summed E-state index contributed by atoms with van der Waals surface area (Å²) in [6, 6.07) is 11.1. The number of rotatable bonds is 3. The van der Waals surface area contributed by atoms with Crippen molar-refractivity contribution in [2.45, 2.75) is 17.3 Å². The largest absolute Gasteiger partial charge is 0.480 e. The molecule has 1 heterocycles. The predicted molar refractivity (Wildman–Crippen MR) is 65.6 cm³/mol. The molecule has 1 aromatic rings. The molecule has 1 fully saturated rings. The lowest BCUT2D eigenvalue weighted by molar-refractivity contribution is -0.138. The van der Waals surface area contributed by atoms with Crippen LogP contribution in [0.3, 0.4) is 0 Å². The molecule has 17 heavy (non-hydrogen) atoms. The van der Waals surface area contributed by atoms with E-state index in [1.807, 2.05) is 30.3 Å². The summed E-state index contributed by atoms with van der Waals surface area (Å²) in [5.74, 6) is -0.666. The van der Waals surface area contributed by atoms with E-state index in [0.717, 1.165) is 5.56 Å². The van der Waals surface area contributed by atoms with Gasteiger partial charge in [-0.15, -0.1) is 11.8 Å². The quantitative estimate of drug-likeness (QED) is 0.846. The topological polar surface area (TPSA) is 73.1 Å². The summed E-state index contributed by atoms with van der Waals surface area (Å²) in [5, 5.41) is 20.9. The standard InChI is InChI=1S/C12H12N2O2S/c13-6-9(8-4-2-1-3-5-8)11-14-10(7-17-11)12(15)16/h1-5,9-11,14H,7H2,(H,15,16)/t9-,10-,11-/m0/s1. The number of nitriles is 1. The summed E-state index contributed by atoms with van der Waals surface area (Å²) in [6.45, 7) is 0. The molecule has 0 bridgehead atoms. The van der Waals surface area contributed by atoms with Gasteiger partial charge in [0.05, 0.1) is 17.4 Å². The normalized spacial score (nSPS) is 25.1. The summed E-state index contributed by atoms with van der Waals surface area (Å²) in [4.78, 5) is 10.8. The molecule has 1 aliphatic heterocycles. The van der Waals surface area contributed by atoms with Crippen LogP contribution >= 0.6 is 11.8 Å². The Kier molecular flexibility index (Phi) is 3.67. The molecule has 1 saturated heterocycles. The molecule has 0 aliphatic carbocycles. The van der Waals surface area contributed by atoms with Gasteiger partial charge in [0.1, 0.15) is 6.04 Å². The molecule has 1 aromatic carbocycles. The lowest BCUT2D eigenvalue weighted by Gasteiger charge is -2.17. The molecule has 2 rings (SSSR count). The molecule has 4 nitrogen and oxygen atoms in total. The van der Waals surface area contributed by atoms with Crippen molar-refractivity contribution in [2.75, 3.05) is 5.75 Å². The zero-order valence-corrected chi connectivity index (χ0v) is 9.85. The highest BCUT2D eigenvalue weighted by Gasteiger charge is 2.34. The first-order valence-electron chi connectivity index (χ1n) is 5.27. The van der Waals surface area contributed by atoms with Gasteiger partial charge in [0, 0.05) is 5.75 Å². The van der Waals surface area contributed by atoms with Gasteiger partial charge in [-0.2, -0.15) is 5.26 Å². The van der Waals surface area contributed by atoms with Crippen molar-refractivity contribution in [2.24, 2.45) is 0 Å². The van der Waals surface area contributed by atoms with Gasteiger partial charge in [-0.25, -0.2) is 0 Å². The number of hydrogen-bond acceptors (Lipinski definition) is 4. The third-order valence-corrected chi connectivity index (χ3v) is 4.00. The van der Waals surface area contributed by atoms with Gasteiger partial charge >= 0.3 is 5.97 Å². The minimum atomic E-state index is -0.857. The zero-order valence-electron chi connectivity index (χ0n) is 9.04. The zero-order chi connectivity index (χ0) is 12.3. The van der Waals surface area contributed by atoms with Crippen molar-refractivity contribution in [3.05, 3.63) is 35.9 Å². The van der Waals surface area contributed by atoms with Crippen LogP contribution < -0.4 is 5.32 Å². The van der Waals surface area contributed by atoms with Crippen LogP contribution in [0.4, 0.5) is 0 Å². The van der Waals surface area contributed by atoms with E-state index in [1.165, 1.54) is 11.8 Å². The first kappa shape index (κ1) is 12.0. The smallest absolute Gasteiger partial charge is 0.321 e. The van der Waals surface area contributed by atoms with Crippen LogP contribution in [-0.4, -0.2) is 28.2 Å². The average Bonchev–Trinajstić information content (AvgIpc) is 2.81. The average molecular weight is 248 g/mol. The van der Waals surface area contributed by atoms with E-state index < -0.39 is 12.0 Å². The fourth-order valence-corrected chi connectivity index (χ4v) is 3.12. The fourth-order valence-electron chi connectivity index (χ4n) is 1.81. The van der Waals surface area contributed by atoms with Crippen LogP contribution in [0.15, 0.2) is 30.3 Å². The molecule has 1 aliphatic rings. The van der Waals surface area contributed by atoms with Crippen molar-refractivity contribution in [3.8, 4) is 6.07 Å². The number of hydrogen-bond donors (Lipinski definition) is 2. The van der Waals surface area contributed by atoms with E-state index in [4.69, 9.17) is 5.11 Å². The Morgan fingerprint density at radius 3 is 2.76 bits per heavy atom. The Morgan fingerprint density at radius 2 is 2.24 bits per heavy atom. The fraction of sp³-hybridized carbons (Fsp3) is 0.333. The van der Waals surface area contributed by atoms with E-state index in [1.54, 1.807) is 0 Å². The Morgan fingerprint density at radius 1 is 1.53 bits per heavy atom. The van der Waals surface area contributed by atoms with Crippen LogP contribution in [-0.2, 0) is 4.79 Å². The molecule has 88 valence electrons. The molecule has 2 N–H and O–H groups in total. The van der Waals surface area contributed by atoms with Crippen molar-refractivity contribution in [3.63, 3.8) is 0 Å². The molecule has 3 atom stereocenters. The second-order valence-corrected chi connectivity index (χ2v) is 5.00. The maximum absolute atomic E-state index is 10.8. The van der Waals surface area contributed by atoms with Crippen LogP contribution in [0.5, 0.6) is 0 Å². The van der Waals surface area contributed by atoms with Gasteiger partial charge in [-0.05, 0) is 5.56 Å². The minimum absolute atomic E-state index is 0.150. The summed E-state index contributed by atoms with van der Waals surface area (Å²) < 4.78 is 0. The van der Waals surface area contributed by atoms with Gasteiger partial charge in [0.25, 0.3) is 0 Å². The van der Waals surface area contributed by atoms with Crippen LogP contribution in [0.1, 0.15) is 11.5 Å². The Bertz CT molecular complexity index is 444. The van der Waals surface area contributed by atoms with Crippen LogP contribution in [0.25, 0.3) is 0 Å². The number of carboxylic acid groups (broad SMARTS) is 1. The van der Waals surface area contributed by atoms with Crippen molar-refractivity contribution in [1.82, 2.24) is 5.32 Å². The van der Waals surface area contributed by atoms with Gasteiger partial charge in [-0.1, -0.05) is 30.3 Å². The molecular weight excluding hydrogens is 236 g/mol. The maximum Gasteiger partial charge on any atom is 0.321 e. The molecule has 0 aromatic heterocycles. The van der Waals surface area contributed by atoms with Crippen molar-refractivity contribution >= 4 is 17.7 Å².